The quantitative estimate of drug-likeness (QED) is 0.0252. The maximum Gasteiger partial charge on any atom is 0.669 e. The molecule has 0 rings (SSSR count). The van der Waals surface area contributed by atoms with Crippen LogP contribution in [0, 0.1) is 0 Å². The van der Waals surface area contributed by atoms with E-state index in [1.54, 1.807) is 0 Å². The van der Waals surface area contributed by atoms with E-state index in [1.165, 1.54) is 0 Å². The zero-order valence-electron chi connectivity index (χ0n) is 38.6. The van der Waals surface area contributed by atoms with E-state index in [9.17, 15) is 91.1 Å². The first-order valence-corrected chi connectivity index (χ1v) is 81.3. The molecule has 407 valence electrons. The van der Waals surface area contributed by atoms with Gasteiger partial charge in [0.05, 0.1) is 9.76 Å². The molecule has 3 atom stereocenters. The van der Waals surface area contributed by atoms with Gasteiger partial charge in [0.1, 0.15) is 0 Å². The number of hydrogen-bond donors (Lipinski definition) is 19. The van der Waals surface area contributed by atoms with Crippen molar-refractivity contribution in [2.45, 2.75) is 26.2 Å². The Morgan fingerprint density at radius 1 is 0.338 bits per heavy atom. The normalized spacial score (nSPS) is 16.9. The first kappa shape index (κ1) is 79.6. The van der Waals surface area contributed by atoms with Crippen LogP contribution < -0.4 is 0 Å². The fourth-order valence-electron chi connectivity index (χ4n) is 6.38. The monoisotopic (exact) mass is 1580 g/mol. The lowest BCUT2D eigenvalue weighted by Crippen LogP contribution is -3.13. The zero-order valence-corrected chi connectivity index (χ0v) is 70.6. The van der Waals surface area contributed by atoms with Crippen molar-refractivity contribution in [3.63, 3.8) is 0 Å². The molecule has 39 radical (unpaired) electrons. The molecule has 0 heterocycles. The topological polar surface area (TPSA) is 523 Å². The summed E-state index contributed by atoms with van der Waals surface area (Å²) in [6, 6.07) is 0. The van der Waals surface area contributed by atoms with Gasteiger partial charge in [0, 0.05) is 28.4 Å². The molecule has 0 spiro atoms. The zero-order chi connectivity index (χ0) is 57.8. The average Bonchev–Trinajstić information content (AvgIpc) is 3.39. The fourth-order valence-corrected chi connectivity index (χ4v) is 415. The second kappa shape index (κ2) is 34.8. The van der Waals surface area contributed by atoms with Crippen LogP contribution >= 0.6 is 0 Å². The summed E-state index contributed by atoms with van der Waals surface area (Å²) >= 11 is 0. The molecule has 0 aliphatic heterocycles. The van der Waals surface area contributed by atoms with Crippen molar-refractivity contribution in [3.8, 4) is 0 Å². The van der Waals surface area contributed by atoms with Crippen molar-refractivity contribution in [2.24, 2.45) is 0 Å². The molecule has 0 saturated heterocycles. The summed E-state index contributed by atoms with van der Waals surface area (Å²) in [5.74, 6) is 0. The summed E-state index contributed by atoms with van der Waals surface area (Å²) in [7, 11) is -66.9. The van der Waals surface area contributed by atoms with Gasteiger partial charge in [-0.2, -0.15) is 0 Å². The molecule has 0 bridgehead atoms. The van der Waals surface area contributed by atoms with Crippen LogP contribution in [0.15, 0.2) is 0 Å². The van der Waals surface area contributed by atoms with Gasteiger partial charge in [-0.05, 0) is 26.2 Å². The Labute approximate surface area is 482 Å². The summed E-state index contributed by atoms with van der Waals surface area (Å²) < 4.78 is 95.5. The molecule has 3 unspecified atom stereocenters. The van der Waals surface area contributed by atoms with E-state index < -0.39 is 268 Å². The van der Waals surface area contributed by atoms with Gasteiger partial charge < -0.3 is 154 Å². The third kappa shape index (κ3) is 15.6. The smallest absolute Gasteiger partial charge is 0.439 e. The van der Waals surface area contributed by atoms with Crippen molar-refractivity contribution >= 4 is 278 Å². The van der Waals surface area contributed by atoms with E-state index in [-0.39, 0.29) is 0 Å². The molecule has 0 aromatic rings. The highest BCUT2D eigenvalue weighted by molar-refractivity contribution is 8.23. The number of hydrogen-bond acceptors (Lipinski definition) is 34. The standard InChI is InChI=1S/C8H43O34Si32/c1-28-64(29-2,30-3)38-63(7,8)39-68(42-67(53-18,33-45-10)62(5,6)27,73(40-65(43,31-4)50-15,69(54-19,55-20)34-46-11)70(56-21,57-22)35-47-12)74(71(58-23,59-24)36-48-13,72(60-25,61-26)37-49-14)41-66(51-16,52-17)32-44-9/h9-27H,1-8H3. The first-order valence-electron chi connectivity index (χ1n) is 18.2. The van der Waals surface area contributed by atoms with Crippen LogP contribution in [0.4, 0.5) is 0 Å². The summed E-state index contributed by atoms with van der Waals surface area (Å²) in [6.45, 7) is -33.5. The third-order valence-corrected chi connectivity index (χ3v) is 249. The van der Waals surface area contributed by atoms with Crippen molar-refractivity contribution in [1.82, 2.24) is 0 Å². The van der Waals surface area contributed by atoms with E-state index in [2.05, 4.69) is 9.76 Å². The molecule has 0 saturated carbocycles. The lowest BCUT2D eigenvalue weighted by atomic mass is 11.8. The molecule has 0 amide bonds. The van der Waals surface area contributed by atoms with E-state index >= 15 is 0 Å². The molecule has 34 nitrogen and oxygen atoms in total. The van der Waals surface area contributed by atoms with Gasteiger partial charge in [-0.1, -0.05) is 0 Å². The third-order valence-electron chi connectivity index (χ3n) is 9.42. The van der Waals surface area contributed by atoms with Crippen LogP contribution in [0.5, 0.6) is 0 Å². The Hall–Kier alpha value is 5.58. The van der Waals surface area contributed by atoms with Gasteiger partial charge in [-0.25, -0.2) is 0 Å². The van der Waals surface area contributed by atoms with E-state index in [0.717, 1.165) is 54.6 Å². The minimum absolute atomic E-state index is 0.909. The Bertz CT molecular complexity index is 1500. The van der Waals surface area contributed by atoms with Gasteiger partial charge in [-0.15, -0.1) is 0 Å². The molecule has 0 aliphatic carbocycles. The minimum atomic E-state index is -7.35. The maximum absolute atomic E-state index is 12.7. The lowest BCUT2D eigenvalue weighted by molar-refractivity contribution is 0.0406. The molecular weight excluding hydrogens is 1540 g/mol. The molecule has 74 heavy (non-hydrogen) atoms. The molecule has 0 aromatic carbocycles. The largest absolute Gasteiger partial charge is 0.669 e. The number of rotatable bonds is 45. The Morgan fingerprint density at radius 3 is 0.892 bits per heavy atom. The van der Waals surface area contributed by atoms with E-state index in [0.29, 0.717) is 0 Å². The predicted octanol–water partition coefficient (Wildman–Crippen LogP) is -20.8. The van der Waals surface area contributed by atoms with Gasteiger partial charge in [-0.3, -0.25) is 0 Å². The molecule has 19 N–H and O–H groups in total. The Kier molecular flexibility index (Phi) is 37.4. The minimum Gasteiger partial charge on any atom is -0.439 e. The van der Waals surface area contributed by atoms with Crippen molar-refractivity contribution in [1.29, 1.82) is 0 Å². The highest BCUT2D eigenvalue weighted by Gasteiger charge is 2.99. The SMILES string of the molecule is CO[Si](OC)(OC)O[Si](C)(C)O[Si](O[Si](O[Si]O)([Si]O)[Si](C)(C)O)([Si](O[Si]([Si])(OC)[Si]O)([Si](O[Si]O)([Si]O)[Si]O)[Si](O[Si]O)([Si]O)[Si]O)[Si](O[Si](O[Si]O)([Si]O)[Si]O)([Si](O[Si]O)([Si]O)[Si]O)[Si](O[Si]O)([Si]O)[Si]O. The highest BCUT2D eigenvalue weighted by Crippen LogP contribution is 2.52. The molecule has 0 aliphatic rings. The summed E-state index contributed by atoms with van der Waals surface area (Å²) in [6.07, 6.45) is 0. The second-order valence-corrected chi connectivity index (χ2v) is 147. The van der Waals surface area contributed by atoms with Crippen LogP contribution in [-0.4, -0.2) is 398 Å². The molecular formula is C8H43O34Si32. The molecule has 0 fully saturated rings. The van der Waals surface area contributed by atoms with Crippen LogP contribution in [0.25, 0.3) is 0 Å². The summed E-state index contributed by atoms with van der Waals surface area (Å²) in [5.41, 5.74) is 0. The highest BCUT2D eigenvalue weighted by atomic mass is 30.5. The fraction of sp³-hybridized carbons (Fsp3) is 1.00. The maximum atomic E-state index is 12.7. The lowest BCUT2D eigenvalue weighted by Gasteiger charge is -2.69. The first-order chi connectivity index (χ1) is 34.6. The van der Waals surface area contributed by atoms with Crippen LogP contribution in [0.1, 0.15) is 0 Å². The van der Waals surface area contributed by atoms with Crippen LogP contribution in [0.3, 0.4) is 0 Å². The Balaban J connectivity index is 12.8. The molecule has 0 aromatic heterocycles. The van der Waals surface area contributed by atoms with Crippen molar-refractivity contribution in [2.75, 3.05) is 28.4 Å². The van der Waals surface area contributed by atoms with E-state index in [1.807, 2.05) is 0 Å². The van der Waals surface area contributed by atoms with Gasteiger partial charge in [0.25, 0.3) is 50.9 Å². The summed E-state index contributed by atoms with van der Waals surface area (Å²) in [4.78, 5) is 224. The van der Waals surface area contributed by atoms with Gasteiger partial charge in [0.2, 0.25) is 110 Å². The Morgan fingerprint density at radius 2 is 0.662 bits per heavy atom. The van der Waals surface area contributed by atoms with Crippen LogP contribution in [-0.2, 0) is 63.0 Å². The van der Waals surface area contributed by atoms with Gasteiger partial charge >= 0.3 is 108 Å². The van der Waals surface area contributed by atoms with Gasteiger partial charge in [0.15, 0.2) is 0 Å². The van der Waals surface area contributed by atoms with Crippen molar-refractivity contribution in [3.05, 3.63) is 0 Å². The summed E-state index contributed by atoms with van der Waals surface area (Å²) in [5, 5.41) is 0. The van der Waals surface area contributed by atoms with Crippen LogP contribution in [0.2, 0.25) is 26.2 Å². The van der Waals surface area contributed by atoms with Crippen molar-refractivity contribution < 1.29 is 154 Å². The van der Waals surface area contributed by atoms with E-state index in [4.69, 9.17) is 63.0 Å². The second-order valence-electron chi connectivity index (χ2n) is 13.8. The molecule has 66 heteroatoms. The average molecular weight is 1580 g/mol. The predicted molar refractivity (Wildman–Crippen MR) is 290 cm³/mol.